The fourth-order valence-corrected chi connectivity index (χ4v) is 2.26. The average molecular weight is 153 g/mol. The first-order valence-corrected chi connectivity index (χ1v) is 4.46. The normalized spacial score (nSPS) is 40.2. The summed E-state index contributed by atoms with van der Waals surface area (Å²) in [6, 6.07) is 0. The second kappa shape index (κ2) is 2.76. The van der Waals surface area contributed by atoms with Gasteiger partial charge in [0.05, 0.1) is 6.61 Å². The summed E-state index contributed by atoms with van der Waals surface area (Å²) in [4.78, 5) is 0. The SMILES string of the molecule is NC=C1OCC2CCCCC12. The van der Waals surface area contributed by atoms with E-state index in [2.05, 4.69) is 0 Å². The summed E-state index contributed by atoms with van der Waals surface area (Å²) in [6.45, 7) is 0.910. The Morgan fingerprint density at radius 2 is 2.18 bits per heavy atom. The molecular weight excluding hydrogens is 138 g/mol. The van der Waals surface area contributed by atoms with Crippen LogP contribution in [-0.4, -0.2) is 6.61 Å². The Bertz CT molecular complexity index is 176. The summed E-state index contributed by atoms with van der Waals surface area (Å²) in [5, 5.41) is 0. The molecule has 2 unspecified atom stereocenters. The Morgan fingerprint density at radius 1 is 1.36 bits per heavy atom. The lowest BCUT2D eigenvalue weighted by atomic mass is 9.80. The van der Waals surface area contributed by atoms with Gasteiger partial charge in [-0.1, -0.05) is 12.8 Å². The summed E-state index contributed by atoms with van der Waals surface area (Å²) in [6.07, 6.45) is 7.00. The van der Waals surface area contributed by atoms with Gasteiger partial charge in [-0.25, -0.2) is 0 Å². The number of hydrogen-bond donors (Lipinski definition) is 1. The lowest BCUT2D eigenvalue weighted by molar-refractivity contribution is 0.233. The molecule has 2 fully saturated rings. The van der Waals surface area contributed by atoms with Crippen LogP contribution in [0, 0.1) is 11.8 Å². The van der Waals surface area contributed by atoms with Crippen molar-refractivity contribution < 1.29 is 4.74 Å². The zero-order valence-corrected chi connectivity index (χ0v) is 6.75. The molecule has 0 bridgehead atoms. The van der Waals surface area contributed by atoms with Crippen molar-refractivity contribution in [3.05, 3.63) is 12.0 Å². The lowest BCUT2D eigenvalue weighted by Crippen LogP contribution is -2.16. The van der Waals surface area contributed by atoms with Crippen LogP contribution in [0.15, 0.2) is 12.0 Å². The van der Waals surface area contributed by atoms with Gasteiger partial charge in [-0.15, -0.1) is 0 Å². The average Bonchev–Trinajstić information content (AvgIpc) is 2.47. The minimum Gasteiger partial charge on any atom is -0.496 e. The maximum absolute atomic E-state index is 5.49. The van der Waals surface area contributed by atoms with E-state index in [9.17, 15) is 0 Å². The maximum atomic E-state index is 5.49. The van der Waals surface area contributed by atoms with Crippen molar-refractivity contribution in [3.63, 3.8) is 0 Å². The van der Waals surface area contributed by atoms with Crippen LogP contribution < -0.4 is 5.73 Å². The molecule has 2 nitrogen and oxygen atoms in total. The number of fused-ring (bicyclic) bond motifs is 1. The first-order chi connectivity index (χ1) is 5.42. The van der Waals surface area contributed by atoms with Crippen molar-refractivity contribution in [2.45, 2.75) is 25.7 Å². The molecule has 0 aromatic rings. The number of hydrogen-bond acceptors (Lipinski definition) is 2. The van der Waals surface area contributed by atoms with Crippen LogP contribution in [0.4, 0.5) is 0 Å². The minimum absolute atomic E-state index is 0.661. The molecule has 0 aromatic heterocycles. The van der Waals surface area contributed by atoms with Crippen LogP contribution in [-0.2, 0) is 4.74 Å². The van der Waals surface area contributed by atoms with Crippen molar-refractivity contribution in [1.82, 2.24) is 0 Å². The van der Waals surface area contributed by atoms with Crippen molar-refractivity contribution in [1.29, 1.82) is 0 Å². The minimum atomic E-state index is 0.661. The molecule has 2 N–H and O–H groups in total. The Kier molecular flexibility index (Phi) is 1.76. The van der Waals surface area contributed by atoms with Gasteiger partial charge in [0.15, 0.2) is 0 Å². The molecule has 1 aliphatic heterocycles. The third-order valence-corrected chi connectivity index (χ3v) is 2.90. The molecule has 1 heterocycles. The van der Waals surface area contributed by atoms with E-state index < -0.39 is 0 Å². The highest BCUT2D eigenvalue weighted by Gasteiger charge is 2.34. The summed E-state index contributed by atoms with van der Waals surface area (Å²) in [5.41, 5.74) is 5.45. The van der Waals surface area contributed by atoms with E-state index in [4.69, 9.17) is 10.5 Å². The van der Waals surface area contributed by atoms with Gasteiger partial charge >= 0.3 is 0 Å². The van der Waals surface area contributed by atoms with Crippen LogP contribution in [0.1, 0.15) is 25.7 Å². The third-order valence-electron chi connectivity index (χ3n) is 2.90. The van der Waals surface area contributed by atoms with E-state index in [0.29, 0.717) is 5.92 Å². The number of nitrogens with two attached hydrogens (primary N) is 1. The van der Waals surface area contributed by atoms with Gasteiger partial charge < -0.3 is 10.5 Å². The van der Waals surface area contributed by atoms with Crippen LogP contribution in [0.5, 0.6) is 0 Å². The predicted octanol–water partition coefficient (Wildman–Crippen LogP) is 1.62. The van der Waals surface area contributed by atoms with Crippen LogP contribution in [0.25, 0.3) is 0 Å². The molecular formula is C9H15NO. The van der Waals surface area contributed by atoms with Crippen molar-refractivity contribution in [3.8, 4) is 0 Å². The summed E-state index contributed by atoms with van der Waals surface area (Å²) < 4.78 is 5.49. The van der Waals surface area contributed by atoms with Gasteiger partial charge in [0.1, 0.15) is 5.76 Å². The van der Waals surface area contributed by atoms with Gasteiger partial charge in [-0.2, -0.15) is 0 Å². The standard InChI is InChI=1S/C9H15NO/c10-5-9-8-4-2-1-3-7(8)6-11-9/h5,7-8H,1-4,6,10H2. The summed E-state index contributed by atoms with van der Waals surface area (Å²) in [7, 11) is 0. The molecule has 2 atom stereocenters. The summed E-state index contributed by atoms with van der Waals surface area (Å²) in [5.74, 6) is 2.49. The predicted molar refractivity (Wildman–Crippen MR) is 43.7 cm³/mol. The highest BCUT2D eigenvalue weighted by Crippen LogP contribution is 2.40. The maximum Gasteiger partial charge on any atom is 0.115 e. The van der Waals surface area contributed by atoms with Crippen LogP contribution in [0.2, 0.25) is 0 Å². The van der Waals surface area contributed by atoms with Crippen molar-refractivity contribution >= 4 is 0 Å². The van der Waals surface area contributed by atoms with Crippen molar-refractivity contribution in [2.75, 3.05) is 6.61 Å². The molecule has 2 aliphatic rings. The lowest BCUT2D eigenvalue weighted by Gasteiger charge is -2.21. The van der Waals surface area contributed by atoms with E-state index >= 15 is 0 Å². The molecule has 1 saturated heterocycles. The monoisotopic (exact) mass is 153 g/mol. The van der Waals surface area contributed by atoms with Gasteiger partial charge in [0.2, 0.25) is 0 Å². The van der Waals surface area contributed by atoms with Crippen LogP contribution >= 0.6 is 0 Å². The molecule has 2 rings (SSSR count). The van der Waals surface area contributed by atoms with Gasteiger partial charge in [-0.05, 0) is 12.8 Å². The Hall–Kier alpha value is -0.660. The van der Waals surface area contributed by atoms with Crippen molar-refractivity contribution in [2.24, 2.45) is 17.6 Å². The van der Waals surface area contributed by atoms with Crippen LogP contribution in [0.3, 0.4) is 0 Å². The summed E-state index contributed by atoms with van der Waals surface area (Å²) >= 11 is 0. The molecule has 1 saturated carbocycles. The first-order valence-electron chi connectivity index (χ1n) is 4.46. The molecule has 11 heavy (non-hydrogen) atoms. The topological polar surface area (TPSA) is 35.2 Å². The van der Waals surface area contributed by atoms with Gasteiger partial charge in [0, 0.05) is 18.0 Å². The third kappa shape index (κ3) is 1.10. The molecule has 0 aromatic carbocycles. The first kappa shape index (κ1) is 7.01. The molecule has 0 spiro atoms. The second-order valence-electron chi connectivity index (χ2n) is 3.53. The van der Waals surface area contributed by atoms with E-state index in [1.165, 1.54) is 25.7 Å². The molecule has 0 radical (unpaired) electrons. The second-order valence-corrected chi connectivity index (χ2v) is 3.53. The number of ether oxygens (including phenoxy) is 1. The largest absolute Gasteiger partial charge is 0.496 e. The fraction of sp³-hybridized carbons (Fsp3) is 0.778. The number of allylic oxidation sites excluding steroid dienone is 1. The Labute approximate surface area is 67.4 Å². The fourth-order valence-electron chi connectivity index (χ4n) is 2.26. The Balaban J connectivity index is 2.10. The molecule has 0 amide bonds. The zero-order chi connectivity index (χ0) is 7.68. The number of rotatable bonds is 0. The van der Waals surface area contributed by atoms with E-state index in [-0.39, 0.29) is 0 Å². The molecule has 2 heteroatoms. The Morgan fingerprint density at radius 3 is 3.00 bits per heavy atom. The van der Waals surface area contributed by atoms with Gasteiger partial charge in [0.25, 0.3) is 0 Å². The van der Waals surface area contributed by atoms with E-state index in [0.717, 1.165) is 18.3 Å². The van der Waals surface area contributed by atoms with Gasteiger partial charge in [-0.3, -0.25) is 0 Å². The highest BCUT2D eigenvalue weighted by molar-refractivity contribution is 5.04. The van der Waals surface area contributed by atoms with E-state index in [1.807, 2.05) is 0 Å². The highest BCUT2D eigenvalue weighted by atomic mass is 16.5. The van der Waals surface area contributed by atoms with E-state index in [1.54, 1.807) is 6.20 Å². The molecule has 62 valence electrons. The quantitative estimate of drug-likeness (QED) is 0.574. The molecule has 1 aliphatic carbocycles. The smallest absolute Gasteiger partial charge is 0.115 e. The zero-order valence-electron chi connectivity index (χ0n) is 6.75.